The van der Waals surface area contributed by atoms with E-state index < -0.39 is 0 Å². The highest BCUT2D eigenvalue weighted by molar-refractivity contribution is 5.50. The van der Waals surface area contributed by atoms with E-state index in [1.165, 1.54) is 0 Å². The lowest BCUT2D eigenvalue weighted by atomic mass is 10.2. The Kier molecular flexibility index (Phi) is 2.94. The molecule has 0 fully saturated rings. The van der Waals surface area contributed by atoms with E-state index in [1.54, 1.807) is 13.2 Å². The third-order valence-electron chi connectivity index (χ3n) is 1.59. The first-order valence-corrected chi connectivity index (χ1v) is 3.72. The van der Waals surface area contributed by atoms with Crippen LogP contribution in [0.3, 0.4) is 0 Å². The first-order chi connectivity index (χ1) is 5.74. The van der Waals surface area contributed by atoms with E-state index >= 15 is 0 Å². The minimum atomic E-state index is 0.252. The van der Waals surface area contributed by atoms with Gasteiger partial charge in [-0.3, -0.25) is 0 Å². The standard InChI is InChI=1S/C9H13NO2/c1-7-3-4-8(5-9(7)10)12-6-11-2/h3-5H,6,10H2,1-2H3. The van der Waals surface area contributed by atoms with Crippen LogP contribution in [0.5, 0.6) is 5.75 Å². The molecule has 0 atom stereocenters. The number of aryl methyl sites for hydroxylation is 1. The molecule has 0 aliphatic heterocycles. The third kappa shape index (κ3) is 2.13. The molecule has 12 heavy (non-hydrogen) atoms. The topological polar surface area (TPSA) is 44.5 Å². The van der Waals surface area contributed by atoms with E-state index in [4.69, 9.17) is 15.2 Å². The van der Waals surface area contributed by atoms with Gasteiger partial charge in [0, 0.05) is 18.9 Å². The van der Waals surface area contributed by atoms with Crippen molar-refractivity contribution in [2.75, 3.05) is 19.6 Å². The Morgan fingerprint density at radius 1 is 1.42 bits per heavy atom. The minimum absolute atomic E-state index is 0.252. The van der Waals surface area contributed by atoms with Crippen LogP contribution in [0, 0.1) is 6.92 Å². The van der Waals surface area contributed by atoms with Crippen LogP contribution in [-0.4, -0.2) is 13.9 Å². The molecule has 66 valence electrons. The highest BCUT2D eigenvalue weighted by atomic mass is 16.7. The fraction of sp³-hybridized carbons (Fsp3) is 0.333. The predicted molar refractivity (Wildman–Crippen MR) is 48.1 cm³/mol. The number of rotatable bonds is 3. The molecule has 0 radical (unpaired) electrons. The second-order valence-corrected chi connectivity index (χ2v) is 2.57. The smallest absolute Gasteiger partial charge is 0.188 e. The van der Waals surface area contributed by atoms with Crippen LogP contribution in [0.2, 0.25) is 0 Å². The monoisotopic (exact) mass is 167 g/mol. The van der Waals surface area contributed by atoms with Crippen LogP contribution in [0.1, 0.15) is 5.56 Å². The SMILES string of the molecule is COCOc1ccc(C)c(N)c1. The van der Waals surface area contributed by atoms with Crippen LogP contribution in [0.25, 0.3) is 0 Å². The summed E-state index contributed by atoms with van der Waals surface area (Å²) in [6.07, 6.45) is 0. The van der Waals surface area contributed by atoms with Gasteiger partial charge >= 0.3 is 0 Å². The molecule has 0 aromatic heterocycles. The van der Waals surface area contributed by atoms with E-state index in [2.05, 4.69) is 0 Å². The zero-order valence-electron chi connectivity index (χ0n) is 7.33. The van der Waals surface area contributed by atoms with Gasteiger partial charge < -0.3 is 15.2 Å². The summed E-state index contributed by atoms with van der Waals surface area (Å²) in [4.78, 5) is 0. The maximum atomic E-state index is 5.67. The van der Waals surface area contributed by atoms with Gasteiger partial charge in [0.25, 0.3) is 0 Å². The number of benzene rings is 1. The van der Waals surface area contributed by atoms with Crippen LogP contribution in [0.15, 0.2) is 18.2 Å². The van der Waals surface area contributed by atoms with Crippen molar-refractivity contribution in [3.63, 3.8) is 0 Å². The summed E-state index contributed by atoms with van der Waals surface area (Å²) in [6, 6.07) is 5.57. The van der Waals surface area contributed by atoms with E-state index in [-0.39, 0.29) is 6.79 Å². The Labute approximate surface area is 72.1 Å². The molecule has 1 rings (SSSR count). The number of anilines is 1. The molecule has 1 aromatic rings. The average molecular weight is 167 g/mol. The van der Waals surface area contributed by atoms with Gasteiger partial charge in [0.05, 0.1) is 0 Å². The molecule has 0 spiro atoms. The first-order valence-electron chi connectivity index (χ1n) is 3.72. The quantitative estimate of drug-likeness (QED) is 0.549. The zero-order chi connectivity index (χ0) is 8.97. The molecule has 0 aliphatic carbocycles. The predicted octanol–water partition coefficient (Wildman–Crippen LogP) is 1.56. The second kappa shape index (κ2) is 3.97. The molecule has 3 nitrogen and oxygen atoms in total. The number of ether oxygens (including phenoxy) is 2. The Morgan fingerprint density at radius 2 is 2.17 bits per heavy atom. The zero-order valence-corrected chi connectivity index (χ0v) is 7.33. The maximum absolute atomic E-state index is 5.67. The van der Waals surface area contributed by atoms with Crippen LogP contribution < -0.4 is 10.5 Å². The van der Waals surface area contributed by atoms with Gasteiger partial charge in [-0.1, -0.05) is 6.07 Å². The van der Waals surface area contributed by atoms with Crippen molar-refractivity contribution in [2.24, 2.45) is 0 Å². The van der Waals surface area contributed by atoms with Gasteiger partial charge in [0.15, 0.2) is 6.79 Å². The Morgan fingerprint density at radius 3 is 2.75 bits per heavy atom. The van der Waals surface area contributed by atoms with Gasteiger partial charge in [-0.05, 0) is 18.6 Å². The van der Waals surface area contributed by atoms with Crippen molar-refractivity contribution < 1.29 is 9.47 Å². The molecule has 1 aromatic carbocycles. The van der Waals surface area contributed by atoms with Crippen LogP contribution >= 0.6 is 0 Å². The Hall–Kier alpha value is -1.22. The summed E-state index contributed by atoms with van der Waals surface area (Å²) in [7, 11) is 1.58. The lowest BCUT2D eigenvalue weighted by Crippen LogP contribution is -1.99. The largest absolute Gasteiger partial charge is 0.467 e. The Balaban J connectivity index is 2.69. The van der Waals surface area contributed by atoms with Gasteiger partial charge in [-0.15, -0.1) is 0 Å². The summed E-state index contributed by atoms with van der Waals surface area (Å²) in [5, 5.41) is 0. The van der Waals surface area contributed by atoms with Crippen molar-refractivity contribution in [3.8, 4) is 5.75 Å². The molecule has 3 heteroatoms. The third-order valence-corrected chi connectivity index (χ3v) is 1.59. The van der Waals surface area contributed by atoms with E-state index in [0.717, 1.165) is 17.0 Å². The summed E-state index contributed by atoms with van der Waals surface area (Å²) >= 11 is 0. The summed E-state index contributed by atoms with van der Waals surface area (Å²) in [5.74, 6) is 0.736. The highest BCUT2D eigenvalue weighted by Crippen LogP contribution is 2.18. The molecule has 0 heterocycles. The van der Waals surface area contributed by atoms with Crippen molar-refractivity contribution in [2.45, 2.75) is 6.92 Å². The van der Waals surface area contributed by atoms with E-state index in [0.29, 0.717) is 0 Å². The van der Waals surface area contributed by atoms with Crippen molar-refractivity contribution in [3.05, 3.63) is 23.8 Å². The van der Waals surface area contributed by atoms with Crippen LogP contribution in [-0.2, 0) is 4.74 Å². The fourth-order valence-corrected chi connectivity index (χ4v) is 0.835. The highest BCUT2D eigenvalue weighted by Gasteiger charge is 1.96. The van der Waals surface area contributed by atoms with Crippen molar-refractivity contribution in [1.29, 1.82) is 0 Å². The van der Waals surface area contributed by atoms with Gasteiger partial charge in [-0.25, -0.2) is 0 Å². The first kappa shape index (κ1) is 8.87. The van der Waals surface area contributed by atoms with Crippen molar-refractivity contribution in [1.82, 2.24) is 0 Å². The number of hydrogen-bond donors (Lipinski definition) is 1. The van der Waals surface area contributed by atoms with Crippen LogP contribution in [0.4, 0.5) is 5.69 Å². The van der Waals surface area contributed by atoms with E-state index in [1.807, 2.05) is 19.1 Å². The average Bonchev–Trinajstić information content (AvgIpc) is 2.07. The molecule has 0 aliphatic rings. The normalized spacial score (nSPS) is 9.83. The lowest BCUT2D eigenvalue weighted by Gasteiger charge is -2.06. The number of nitrogens with two attached hydrogens (primary N) is 1. The van der Waals surface area contributed by atoms with Gasteiger partial charge in [-0.2, -0.15) is 0 Å². The molecule has 2 N–H and O–H groups in total. The van der Waals surface area contributed by atoms with E-state index in [9.17, 15) is 0 Å². The minimum Gasteiger partial charge on any atom is -0.467 e. The Bertz CT molecular complexity index is 261. The summed E-state index contributed by atoms with van der Waals surface area (Å²) in [5.41, 5.74) is 7.47. The maximum Gasteiger partial charge on any atom is 0.188 e. The molecular formula is C9H13NO2. The molecule has 0 bridgehead atoms. The fourth-order valence-electron chi connectivity index (χ4n) is 0.835. The van der Waals surface area contributed by atoms with Crippen molar-refractivity contribution >= 4 is 5.69 Å². The number of nitrogen functional groups attached to an aromatic ring is 1. The molecule has 0 saturated carbocycles. The summed E-state index contributed by atoms with van der Waals surface area (Å²) < 4.78 is 9.94. The number of methoxy groups -OCH3 is 1. The lowest BCUT2D eigenvalue weighted by molar-refractivity contribution is 0.0512. The molecule has 0 unspecified atom stereocenters. The molecule has 0 amide bonds. The van der Waals surface area contributed by atoms with Gasteiger partial charge in [0.1, 0.15) is 5.75 Å². The molecular weight excluding hydrogens is 154 g/mol. The van der Waals surface area contributed by atoms with Gasteiger partial charge in [0.2, 0.25) is 0 Å². The second-order valence-electron chi connectivity index (χ2n) is 2.57. The number of hydrogen-bond acceptors (Lipinski definition) is 3. The molecule has 0 saturated heterocycles. The summed E-state index contributed by atoms with van der Waals surface area (Å²) in [6.45, 7) is 2.21.